The summed E-state index contributed by atoms with van der Waals surface area (Å²) < 4.78 is 21.6. The van der Waals surface area contributed by atoms with E-state index in [4.69, 9.17) is 0 Å². The standard InChI is InChI=1S/C16H32O2S/c1-5-7-12-16(4,6-2)15-13(3)10-8-9-11-14(15)19(17)18/h13-15H,5-12H2,1-4H3,(H,17,18). The molecular weight excluding hydrogens is 256 g/mol. The average Bonchev–Trinajstić information content (AvgIpc) is 2.58. The molecule has 0 radical (unpaired) electrons. The van der Waals surface area contributed by atoms with Crippen LogP contribution in [0.2, 0.25) is 0 Å². The zero-order valence-electron chi connectivity index (χ0n) is 13.2. The molecule has 0 aromatic carbocycles. The molecule has 1 aliphatic carbocycles. The zero-order chi connectivity index (χ0) is 14.5. The predicted octanol–water partition coefficient (Wildman–Crippen LogP) is 5.01. The van der Waals surface area contributed by atoms with Gasteiger partial charge in [-0.25, -0.2) is 4.21 Å². The number of rotatable bonds is 6. The summed E-state index contributed by atoms with van der Waals surface area (Å²) in [7, 11) is 0. The van der Waals surface area contributed by atoms with Crippen molar-refractivity contribution >= 4 is 11.1 Å². The Morgan fingerprint density at radius 2 is 1.89 bits per heavy atom. The van der Waals surface area contributed by atoms with Gasteiger partial charge in [-0.2, -0.15) is 0 Å². The normalized spacial score (nSPS) is 33.4. The van der Waals surface area contributed by atoms with Crippen LogP contribution in [0, 0.1) is 17.3 Å². The van der Waals surface area contributed by atoms with E-state index in [-0.39, 0.29) is 10.7 Å². The molecule has 0 bridgehead atoms. The Morgan fingerprint density at radius 1 is 1.26 bits per heavy atom. The van der Waals surface area contributed by atoms with Gasteiger partial charge in [0, 0.05) is 0 Å². The van der Waals surface area contributed by atoms with Gasteiger partial charge in [-0.3, -0.25) is 0 Å². The Bertz CT molecular complexity index is 292. The third kappa shape index (κ3) is 4.29. The van der Waals surface area contributed by atoms with Gasteiger partial charge in [0.15, 0.2) is 11.1 Å². The first kappa shape index (κ1) is 17.2. The van der Waals surface area contributed by atoms with E-state index in [2.05, 4.69) is 27.7 Å². The van der Waals surface area contributed by atoms with Crippen LogP contribution in [0.15, 0.2) is 0 Å². The van der Waals surface area contributed by atoms with Crippen molar-refractivity contribution < 1.29 is 8.76 Å². The molecule has 2 nitrogen and oxygen atoms in total. The van der Waals surface area contributed by atoms with E-state index in [9.17, 15) is 8.76 Å². The summed E-state index contributed by atoms with van der Waals surface area (Å²) in [5, 5.41) is -0.0145. The average molecular weight is 288 g/mol. The molecule has 1 N–H and O–H groups in total. The van der Waals surface area contributed by atoms with Crippen LogP contribution in [0.3, 0.4) is 0 Å². The number of unbranched alkanes of at least 4 members (excludes halogenated alkanes) is 1. The summed E-state index contributed by atoms with van der Waals surface area (Å²) in [5.74, 6) is 0.975. The molecule has 0 aromatic rings. The fraction of sp³-hybridized carbons (Fsp3) is 1.00. The van der Waals surface area contributed by atoms with Crippen LogP contribution in [-0.4, -0.2) is 14.0 Å². The summed E-state index contributed by atoms with van der Waals surface area (Å²) in [6, 6.07) is 0. The Labute approximate surface area is 122 Å². The van der Waals surface area contributed by atoms with Gasteiger partial charge < -0.3 is 4.55 Å². The molecule has 0 aromatic heterocycles. The van der Waals surface area contributed by atoms with Gasteiger partial charge in [0.2, 0.25) is 0 Å². The molecule has 1 fully saturated rings. The molecule has 0 spiro atoms. The molecule has 1 rings (SSSR count). The van der Waals surface area contributed by atoms with Crippen LogP contribution < -0.4 is 0 Å². The predicted molar refractivity (Wildman–Crippen MR) is 83.6 cm³/mol. The van der Waals surface area contributed by atoms with Crippen molar-refractivity contribution in [3.8, 4) is 0 Å². The summed E-state index contributed by atoms with van der Waals surface area (Å²) in [6.45, 7) is 9.14. The third-order valence-corrected chi connectivity index (χ3v) is 6.43. The lowest BCUT2D eigenvalue weighted by Gasteiger charge is -2.43. The molecule has 114 valence electrons. The minimum atomic E-state index is -1.67. The first-order valence-corrected chi connectivity index (χ1v) is 9.23. The summed E-state index contributed by atoms with van der Waals surface area (Å²) in [6.07, 6.45) is 9.25. The van der Waals surface area contributed by atoms with Crippen LogP contribution in [0.25, 0.3) is 0 Å². The molecule has 19 heavy (non-hydrogen) atoms. The topological polar surface area (TPSA) is 37.3 Å². The lowest BCUT2D eigenvalue weighted by Crippen LogP contribution is -2.41. The van der Waals surface area contributed by atoms with E-state index in [1.165, 1.54) is 32.1 Å². The second-order valence-corrected chi connectivity index (χ2v) is 7.87. The second-order valence-electron chi connectivity index (χ2n) is 6.71. The van der Waals surface area contributed by atoms with Gasteiger partial charge in [0.05, 0.1) is 5.25 Å². The second kappa shape index (κ2) is 7.78. The Balaban J connectivity index is 3.00. The molecule has 0 amide bonds. The molecule has 5 atom stereocenters. The van der Waals surface area contributed by atoms with E-state index < -0.39 is 11.1 Å². The van der Waals surface area contributed by atoms with Gasteiger partial charge in [-0.05, 0) is 30.1 Å². The quantitative estimate of drug-likeness (QED) is 0.551. The smallest absolute Gasteiger partial charge is 0.156 e. The maximum absolute atomic E-state index is 11.8. The third-order valence-electron chi connectivity index (χ3n) is 5.38. The van der Waals surface area contributed by atoms with E-state index in [1.54, 1.807) is 0 Å². The molecular formula is C16H32O2S. The van der Waals surface area contributed by atoms with Crippen molar-refractivity contribution in [2.45, 2.75) is 84.3 Å². The fourth-order valence-electron chi connectivity index (χ4n) is 4.06. The molecule has 5 unspecified atom stereocenters. The highest BCUT2D eigenvalue weighted by atomic mass is 32.2. The minimum Gasteiger partial charge on any atom is -0.306 e. The molecule has 1 saturated carbocycles. The fourth-order valence-corrected chi connectivity index (χ4v) is 5.27. The van der Waals surface area contributed by atoms with E-state index >= 15 is 0 Å². The molecule has 1 aliphatic rings. The van der Waals surface area contributed by atoms with E-state index in [1.807, 2.05) is 0 Å². The van der Waals surface area contributed by atoms with Crippen molar-refractivity contribution in [1.29, 1.82) is 0 Å². The Hall–Kier alpha value is 0.110. The Morgan fingerprint density at radius 3 is 2.42 bits per heavy atom. The van der Waals surface area contributed by atoms with Crippen molar-refractivity contribution in [3.63, 3.8) is 0 Å². The van der Waals surface area contributed by atoms with E-state index in [0.29, 0.717) is 11.8 Å². The zero-order valence-corrected chi connectivity index (χ0v) is 14.0. The lowest BCUT2D eigenvalue weighted by molar-refractivity contribution is 0.0998. The summed E-state index contributed by atoms with van der Waals surface area (Å²) in [5.41, 5.74) is 0.225. The van der Waals surface area contributed by atoms with Crippen LogP contribution in [0.1, 0.15) is 79.1 Å². The van der Waals surface area contributed by atoms with Crippen LogP contribution in [0.4, 0.5) is 0 Å². The van der Waals surface area contributed by atoms with Crippen LogP contribution in [0.5, 0.6) is 0 Å². The first-order chi connectivity index (χ1) is 8.96. The lowest BCUT2D eigenvalue weighted by atomic mass is 9.65. The maximum atomic E-state index is 11.8. The van der Waals surface area contributed by atoms with Gasteiger partial charge in [-0.15, -0.1) is 0 Å². The van der Waals surface area contributed by atoms with Crippen LogP contribution in [-0.2, 0) is 11.1 Å². The maximum Gasteiger partial charge on any atom is 0.156 e. The van der Waals surface area contributed by atoms with Gasteiger partial charge in [0.25, 0.3) is 0 Å². The highest BCUT2D eigenvalue weighted by molar-refractivity contribution is 7.79. The van der Waals surface area contributed by atoms with Crippen molar-refractivity contribution in [2.75, 3.05) is 0 Å². The van der Waals surface area contributed by atoms with Crippen molar-refractivity contribution in [2.24, 2.45) is 17.3 Å². The highest BCUT2D eigenvalue weighted by Gasteiger charge is 2.43. The van der Waals surface area contributed by atoms with Crippen LogP contribution >= 0.6 is 0 Å². The first-order valence-electron chi connectivity index (χ1n) is 8.06. The summed E-state index contributed by atoms with van der Waals surface area (Å²) >= 11 is -1.67. The monoisotopic (exact) mass is 288 g/mol. The molecule has 0 saturated heterocycles. The minimum absolute atomic E-state index is 0.0145. The molecule has 0 aliphatic heterocycles. The van der Waals surface area contributed by atoms with Crippen molar-refractivity contribution in [1.82, 2.24) is 0 Å². The summed E-state index contributed by atoms with van der Waals surface area (Å²) in [4.78, 5) is 0. The van der Waals surface area contributed by atoms with Gasteiger partial charge in [0.1, 0.15) is 0 Å². The SMILES string of the molecule is CCCCC(C)(CC)C1C(C)CCCCC1S(=O)O. The van der Waals surface area contributed by atoms with Gasteiger partial charge >= 0.3 is 0 Å². The highest BCUT2D eigenvalue weighted by Crippen LogP contribution is 2.47. The van der Waals surface area contributed by atoms with E-state index in [0.717, 1.165) is 19.3 Å². The number of hydrogen-bond donors (Lipinski definition) is 1. The Kier molecular flexibility index (Phi) is 7.02. The largest absolute Gasteiger partial charge is 0.306 e. The number of hydrogen-bond acceptors (Lipinski definition) is 1. The van der Waals surface area contributed by atoms with Crippen molar-refractivity contribution in [3.05, 3.63) is 0 Å². The van der Waals surface area contributed by atoms with Gasteiger partial charge in [-0.1, -0.05) is 66.2 Å². The molecule has 3 heteroatoms. The molecule has 0 heterocycles.